The molecule has 28 heavy (non-hydrogen) atoms. The second-order valence-corrected chi connectivity index (χ2v) is 6.39. The van der Waals surface area contributed by atoms with Gasteiger partial charge >= 0.3 is 0 Å². The highest BCUT2D eigenvalue weighted by molar-refractivity contribution is 6.31. The molecule has 0 aliphatic rings. The van der Waals surface area contributed by atoms with Crippen LogP contribution in [0.25, 0.3) is 0 Å². The van der Waals surface area contributed by atoms with Crippen LogP contribution in [0.3, 0.4) is 0 Å². The third-order valence-electron chi connectivity index (χ3n) is 4.12. The van der Waals surface area contributed by atoms with Crippen molar-refractivity contribution >= 4 is 34.8 Å². The van der Waals surface area contributed by atoms with Gasteiger partial charge in [0.05, 0.1) is 7.11 Å². The maximum Gasteiger partial charge on any atom is 0.274 e. The van der Waals surface area contributed by atoms with Crippen LogP contribution in [-0.4, -0.2) is 23.9 Å². The fourth-order valence-electron chi connectivity index (χ4n) is 2.50. The summed E-state index contributed by atoms with van der Waals surface area (Å²) in [4.78, 5) is 29.1. The summed E-state index contributed by atoms with van der Waals surface area (Å²) in [6.07, 6.45) is 1.42. The number of amides is 2. The van der Waals surface area contributed by atoms with Gasteiger partial charge in [-0.15, -0.1) is 0 Å². The number of nitrogens with one attached hydrogen (secondary N) is 2. The number of nitrogens with zero attached hydrogens (tertiary/aromatic N) is 1. The van der Waals surface area contributed by atoms with Crippen molar-refractivity contribution in [2.24, 2.45) is 0 Å². The Morgan fingerprint density at radius 3 is 2.46 bits per heavy atom. The lowest BCUT2D eigenvalue weighted by Crippen LogP contribution is -2.17. The maximum absolute atomic E-state index is 12.6. The van der Waals surface area contributed by atoms with Crippen LogP contribution >= 0.6 is 11.6 Å². The largest absolute Gasteiger partial charge is 0.497 e. The van der Waals surface area contributed by atoms with Crippen molar-refractivity contribution in [3.8, 4) is 5.75 Å². The van der Waals surface area contributed by atoms with Gasteiger partial charge in [0.25, 0.3) is 11.8 Å². The van der Waals surface area contributed by atoms with Crippen molar-refractivity contribution in [3.05, 3.63) is 82.6 Å². The lowest BCUT2D eigenvalue weighted by atomic mass is 10.1. The summed E-state index contributed by atoms with van der Waals surface area (Å²) in [6, 6.07) is 15.2. The number of benzene rings is 2. The summed E-state index contributed by atoms with van der Waals surface area (Å²) in [5.41, 5.74) is 2.42. The Balaban J connectivity index is 1.74. The zero-order chi connectivity index (χ0) is 20.1. The first kappa shape index (κ1) is 19.4. The Morgan fingerprint density at radius 2 is 1.75 bits per heavy atom. The van der Waals surface area contributed by atoms with E-state index in [0.29, 0.717) is 27.7 Å². The molecule has 142 valence electrons. The summed E-state index contributed by atoms with van der Waals surface area (Å²) >= 11 is 6.08. The van der Waals surface area contributed by atoms with E-state index in [0.717, 1.165) is 5.56 Å². The van der Waals surface area contributed by atoms with Crippen LogP contribution in [0, 0.1) is 6.92 Å². The van der Waals surface area contributed by atoms with Crippen molar-refractivity contribution in [1.82, 2.24) is 4.98 Å². The summed E-state index contributed by atoms with van der Waals surface area (Å²) in [5.74, 6) is -0.0869. The number of hydrogen-bond acceptors (Lipinski definition) is 4. The predicted octanol–water partition coefficient (Wildman–Crippen LogP) is 4.56. The van der Waals surface area contributed by atoms with Crippen molar-refractivity contribution in [3.63, 3.8) is 0 Å². The standard InChI is InChI=1S/C21H18ClN3O3/c1-13-17(22)4-3-5-18(13)25-20(26)14-10-11-23-19(12-14)21(27)24-15-6-8-16(28-2)9-7-15/h3-12H,1-2H3,(H,24,27)(H,25,26). The van der Waals surface area contributed by atoms with E-state index in [-0.39, 0.29) is 11.6 Å². The first-order chi connectivity index (χ1) is 13.5. The van der Waals surface area contributed by atoms with Crippen molar-refractivity contribution in [2.75, 3.05) is 17.7 Å². The summed E-state index contributed by atoms with van der Waals surface area (Å²) in [5, 5.41) is 6.10. The maximum atomic E-state index is 12.6. The third kappa shape index (κ3) is 4.47. The summed E-state index contributed by atoms with van der Waals surface area (Å²) in [7, 11) is 1.57. The molecule has 0 radical (unpaired) electrons. The molecule has 0 saturated carbocycles. The molecule has 0 unspecified atom stereocenters. The summed E-state index contributed by atoms with van der Waals surface area (Å²) < 4.78 is 5.09. The minimum absolute atomic E-state index is 0.131. The third-order valence-corrected chi connectivity index (χ3v) is 4.53. The number of carbonyl (C=O) groups excluding carboxylic acids is 2. The molecule has 0 bridgehead atoms. The van der Waals surface area contributed by atoms with E-state index in [4.69, 9.17) is 16.3 Å². The van der Waals surface area contributed by atoms with Crippen molar-refractivity contribution in [2.45, 2.75) is 6.92 Å². The van der Waals surface area contributed by atoms with E-state index < -0.39 is 5.91 Å². The van der Waals surface area contributed by atoms with Gasteiger partial charge < -0.3 is 15.4 Å². The SMILES string of the molecule is COc1ccc(NC(=O)c2cc(C(=O)Nc3cccc(Cl)c3C)ccn2)cc1. The van der Waals surface area contributed by atoms with Gasteiger partial charge in [0.15, 0.2) is 0 Å². The average molecular weight is 396 g/mol. The first-order valence-corrected chi connectivity index (χ1v) is 8.83. The van der Waals surface area contributed by atoms with Gasteiger partial charge in [-0.05, 0) is 61.0 Å². The Hall–Kier alpha value is -3.38. The molecule has 0 aliphatic carbocycles. The van der Waals surface area contributed by atoms with Crippen LogP contribution in [0.5, 0.6) is 5.75 Å². The van der Waals surface area contributed by atoms with E-state index >= 15 is 0 Å². The molecule has 7 heteroatoms. The molecule has 1 heterocycles. The highest BCUT2D eigenvalue weighted by atomic mass is 35.5. The number of hydrogen-bond donors (Lipinski definition) is 2. The molecule has 3 aromatic rings. The van der Waals surface area contributed by atoms with Crippen LogP contribution in [-0.2, 0) is 0 Å². The van der Waals surface area contributed by atoms with Gasteiger partial charge in [0, 0.05) is 28.2 Å². The predicted molar refractivity (Wildman–Crippen MR) is 109 cm³/mol. The fraction of sp³-hybridized carbons (Fsp3) is 0.0952. The van der Waals surface area contributed by atoms with Gasteiger partial charge in [-0.3, -0.25) is 14.6 Å². The molecule has 0 spiro atoms. The lowest BCUT2D eigenvalue weighted by molar-refractivity contribution is 0.102. The average Bonchev–Trinajstić information content (AvgIpc) is 2.72. The van der Waals surface area contributed by atoms with Crippen LogP contribution in [0.2, 0.25) is 5.02 Å². The second kappa shape index (κ2) is 8.54. The molecular formula is C21H18ClN3O3. The zero-order valence-corrected chi connectivity index (χ0v) is 16.1. The molecule has 1 aromatic heterocycles. The van der Waals surface area contributed by atoms with Gasteiger partial charge in [-0.25, -0.2) is 0 Å². The smallest absolute Gasteiger partial charge is 0.274 e. The molecule has 0 fully saturated rings. The van der Waals surface area contributed by atoms with Crippen LogP contribution in [0.1, 0.15) is 26.4 Å². The number of carbonyl (C=O) groups is 2. The molecule has 3 rings (SSSR count). The van der Waals surface area contributed by atoms with Crippen LogP contribution in [0.4, 0.5) is 11.4 Å². The topological polar surface area (TPSA) is 80.3 Å². The van der Waals surface area contributed by atoms with Crippen molar-refractivity contribution < 1.29 is 14.3 Å². The lowest BCUT2D eigenvalue weighted by Gasteiger charge is -2.10. The Labute approximate surface area is 167 Å². The molecular weight excluding hydrogens is 378 g/mol. The number of methoxy groups -OCH3 is 1. The van der Waals surface area contributed by atoms with Gasteiger partial charge in [0.1, 0.15) is 11.4 Å². The molecule has 6 nitrogen and oxygen atoms in total. The molecule has 2 N–H and O–H groups in total. The minimum atomic E-state index is -0.418. The number of rotatable bonds is 5. The number of pyridine rings is 1. The number of ether oxygens (including phenoxy) is 1. The molecule has 2 amide bonds. The normalized spacial score (nSPS) is 10.2. The van der Waals surface area contributed by atoms with Crippen LogP contribution < -0.4 is 15.4 Å². The highest BCUT2D eigenvalue weighted by Crippen LogP contribution is 2.23. The van der Waals surface area contributed by atoms with Gasteiger partial charge in [0.2, 0.25) is 0 Å². The first-order valence-electron chi connectivity index (χ1n) is 8.46. The molecule has 0 saturated heterocycles. The Kier molecular flexibility index (Phi) is 5.91. The van der Waals surface area contributed by atoms with E-state index in [2.05, 4.69) is 15.6 Å². The van der Waals surface area contributed by atoms with Gasteiger partial charge in [-0.1, -0.05) is 17.7 Å². The fourth-order valence-corrected chi connectivity index (χ4v) is 2.68. The summed E-state index contributed by atoms with van der Waals surface area (Å²) in [6.45, 7) is 1.82. The highest BCUT2D eigenvalue weighted by Gasteiger charge is 2.13. The Morgan fingerprint density at radius 1 is 1.00 bits per heavy atom. The number of aromatic nitrogens is 1. The Bertz CT molecular complexity index is 1020. The molecule has 2 aromatic carbocycles. The van der Waals surface area contributed by atoms with E-state index in [1.807, 2.05) is 6.92 Å². The van der Waals surface area contributed by atoms with E-state index in [9.17, 15) is 9.59 Å². The number of halogens is 1. The monoisotopic (exact) mass is 395 g/mol. The minimum Gasteiger partial charge on any atom is -0.497 e. The molecule has 0 atom stereocenters. The zero-order valence-electron chi connectivity index (χ0n) is 15.3. The molecule has 0 aliphatic heterocycles. The van der Waals surface area contributed by atoms with E-state index in [1.165, 1.54) is 12.3 Å². The quantitative estimate of drug-likeness (QED) is 0.663. The van der Waals surface area contributed by atoms with Crippen LogP contribution in [0.15, 0.2) is 60.8 Å². The van der Waals surface area contributed by atoms with E-state index in [1.54, 1.807) is 55.6 Å². The second-order valence-electron chi connectivity index (χ2n) is 5.98. The van der Waals surface area contributed by atoms with Crippen molar-refractivity contribution in [1.29, 1.82) is 0 Å². The van der Waals surface area contributed by atoms with Gasteiger partial charge in [-0.2, -0.15) is 0 Å². The number of anilines is 2.